The van der Waals surface area contributed by atoms with Gasteiger partial charge in [0.2, 0.25) is 5.91 Å². The summed E-state index contributed by atoms with van der Waals surface area (Å²) in [5.41, 5.74) is 2.51. The molecule has 6 heteroatoms. The van der Waals surface area contributed by atoms with Crippen molar-refractivity contribution in [1.29, 1.82) is 0 Å². The first-order valence-corrected chi connectivity index (χ1v) is 21.3. The molecule has 1 unspecified atom stereocenters. The molecule has 1 aliphatic carbocycles. The van der Waals surface area contributed by atoms with E-state index in [9.17, 15) is 9.59 Å². The predicted molar refractivity (Wildman–Crippen MR) is 209 cm³/mol. The normalized spacial score (nSPS) is 14.2. The van der Waals surface area contributed by atoms with Crippen LogP contribution in [0.1, 0.15) is 171 Å². The summed E-state index contributed by atoms with van der Waals surface area (Å²) >= 11 is 1.85. The molecule has 0 aliphatic heterocycles. The van der Waals surface area contributed by atoms with Gasteiger partial charge in [0.1, 0.15) is 5.75 Å². The molecule has 0 saturated heterocycles. The van der Waals surface area contributed by atoms with Crippen LogP contribution in [0.5, 0.6) is 5.75 Å². The summed E-state index contributed by atoms with van der Waals surface area (Å²) in [4.78, 5) is 29.1. The number of thiophene rings is 1. The molecular formula is C43H70N2O3S. The highest BCUT2D eigenvalue weighted by atomic mass is 32.1. The largest absolute Gasteiger partial charge is 0.426 e. The average molecular weight is 695 g/mol. The van der Waals surface area contributed by atoms with Gasteiger partial charge in [0, 0.05) is 36.9 Å². The molecular weight excluding hydrogens is 625 g/mol. The summed E-state index contributed by atoms with van der Waals surface area (Å²) in [5, 5.41) is 5.17. The van der Waals surface area contributed by atoms with Gasteiger partial charge in [-0.25, -0.2) is 0 Å². The first kappa shape index (κ1) is 41.2. The lowest BCUT2D eigenvalue weighted by Crippen LogP contribution is -2.41. The average Bonchev–Trinajstić information content (AvgIpc) is 3.63. The van der Waals surface area contributed by atoms with Crippen molar-refractivity contribution < 1.29 is 14.3 Å². The zero-order chi connectivity index (χ0) is 34.8. The van der Waals surface area contributed by atoms with Gasteiger partial charge in [-0.1, -0.05) is 135 Å². The zero-order valence-electron chi connectivity index (χ0n) is 31.4. The number of carbonyl (C=O) groups excluding carboxylic acids is 2. The smallest absolute Gasteiger partial charge is 0.311 e. The number of fused-ring (bicyclic) bond motifs is 1. The summed E-state index contributed by atoms with van der Waals surface area (Å²) < 4.78 is 5.86. The summed E-state index contributed by atoms with van der Waals surface area (Å²) in [6, 6.07) is 11.1. The van der Waals surface area contributed by atoms with Crippen molar-refractivity contribution in [3.05, 3.63) is 51.7 Å². The van der Waals surface area contributed by atoms with E-state index in [1.807, 2.05) is 23.5 Å². The van der Waals surface area contributed by atoms with E-state index in [0.29, 0.717) is 31.8 Å². The van der Waals surface area contributed by atoms with E-state index >= 15 is 0 Å². The highest BCUT2D eigenvalue weighted by Gasteiger charge is 2.26. The maximum absolute atomic E-state index is 12.7. The van der Waals surface area contributed by atoms with E-state index in [0.717, 1.165) is 63.8 Å². The van der Waals surface area contributed by atoms with Crippen LogP contribution >= 0.6 is 11.3 Å². The van der Waals surface area contributed by atoms with E-state index in [4.69, 9.17) is 4.74 Å². The van der Waals surface area contributed by atoms with Gasteiger partial charge in [0.15, 0.2) is 0 Å². The van der Waals surface area contributed by atoms with Crippen molar-refractivity contribution in [3.8, 4) is 5.75 Å². The number of esters is 1. The monoisotopic (exact) mass is 695 g/mol. The maximum Gasteiger partial charge on any atom is 0.311 e. The summed E-state index contributed by atoms with van der Waals surface area (Å²) in [7, 11) is 0. The van der Waals surface area contributed by atoms with E-state index < -0.39 is 0 Å². The molecule has 0 saturated carbocycles. The quantitative estimate of drug-likeness (QED) is 0.0523. The van der Waals surface area contributed by atoms with Crippen LogP contribution in [-0.2, 0) is 28.9 Å². The van der Waals surface area contributed by atoms with Gasteiger partial charge in [-0.05, 0) is 80.1 Å². The Morgan fingerprint density at radius 2 is 1.41 bits per heavy atom. The predicted octanol–water partition coefficient (Wildman–Crippen LogP) is 11.4. The van der Waals surface area contributed by atoms with Crippen molar-refractivity contribution in [3.63, 3.8) is 0 Å². The summed E-state index contributed by atoms with van der Waals surface area (Å²) in [6.07, 6.45) is 29.7. The van der Waals surface area contributed by atoms with Gasteiger partial charge < -0.3 is 10.1 Å². The lowest BCUT2D eigenvalue weighted by Gasteiger charge is -2.35. The number of rotatable bonds is 29. The van der Waals surface area contributed by atoms with Gasteiger partial charge in [-0.15, -0.1) is 11.3 Å². The van der Waals surface area contributed by atoms with Crippen molar-refractivity contribution in [1.82, 2.24) is 10.2 Å². The Labute approximate surface area is 304 Å². The topological polar surface area (TPSA) is 58.6 Å². The second kappa shape index (κ2) is 26.6. The third-order valence-electron chi connectivity index (χ3n) is 10.3. The minimum absolute atomic E-state index is 0.105. The van der Waals surface area contributed by atoms with Crippen LogP contribution in [0.4, 0.5) is 0 Å². The summed E-state index contributed by atoms with van der Waals surface area (Å²) in [5.74, 6) is 0.624. The molecule has 5 nitrogen and oxygen atoms in total. The minimum atomic E-state index is -0.207. The number of hydrogen-bond acceptors (Lipinski definition) is 5. The fourth-order valence-corrected chi connectivity index (χ4v) is 8.06. The first-order valence-electron chi connectivity index (χ1n) is 20.4. The highest BCUT2D eigenvalue weighted by molar-refractivity contribution is 7.09. The van der Waals surface area contributed by atoms with Gasteiger partial charge in [0.05, 0.1) is 0 Å². The maximum atomic E-state index is 12.7. The van der Waals surface area contributed by atoms with Crippen LogP contribution in [0, 0.1) is 0 Å². The third kappa shape index (κ3) is 18.0. The Balaban J connectivity index is 1.17. The molecule has 3 rings (SSSR count). The molecule has 1 N–H and O–H groups in total. The third-order valence-corrected chi connectivity index (χ3v) is 11.2. The van der Waals surface area contributed by atoms with Gasteiger partial charge in [-0.3, -0.25) is 14.5 Å². The molecule has 0 fully saturated rings. The molecule has 276 valence electrons. The first-order chi connectivity index (χ1) is 24.1. The van der Waals surface area contributed by atoms with E-state index in [2.05, 4.69) is 47.6 Å². The molecule has 0 bridgehead atoms. The van der Waals surface area contributed by atoms with Crippen LogP contribution in [0.2, 0.25) is 0 Å². The van der Waals surface area contributed by atoms with Crippen molar-refractivity contribution in [2.45, 2.75) is 180 Å². The molecule has 0 radical (unpaired) electrons. The number of amides is 1. The van der Waals surface area contributed by atoms with Crippen LogP contribution in [0.3, 0.4) is 0 Å². The highest BCUT2D eigenvalue weighted by Crippen LogP contribution is 2.32. The minimum Gasteiger partial charge on any atom is -0.426 e. The molecule has 1 amide bonds. The second-order valence-electron chi connectivity index (χ2n) is 14.5. The van der Waals surface area contributed by atoms with Crippen LogP contribution in [0.15, 0.2) is 35.7 Å². The molecule has 0 spiro atoms. The Hall–Kier alpha value is -2.18. The van der Waals surface area contributed by atoms with Gasteiger partial charge in [0.25, 0.3) is 0 Å². The Bertz CT molecular complexity index is 1130. The molecule has 1 aromatic carbocycles. The molecule has 1 atom stereocenters. The lowest BCUT2D eigenvalue weighted by molar-refractivity contribution is -0.134. The number of nitrogens with one attached hydrogen (secondary N) is 1. The van der Waals surface area contributed by atoms with E-state index in [-0.39, 0.29) is 11.9 Å². The van der Waals surface area contributed by atoms with Crippen molar-refractivity contribution in [2.24, 2.45) is 0 Å². The van der Waals surface area contributed by atoms with Crippen molar-refractivity contribution >= 4 is 23.2 Å². The number of hydrogen-bond donors (Lipinski definition) is 1. The Morgan fingerprint density at radius 3 is 2.02 bits per heavy atom. The number of nitrogens with zero attached hydrogens (tertiary/aromatic N) is 1. The van der Waals surface area contributed by atoms with Crippen LogP contribution < -0.4 is 10.1 Å². The lowest BCUT2D eigenvalue weighted by atomic mass is 9.86. The number of benzene rings is 1. The van der Waals surface area contributed by atoms with Crippen LogP contribution in [-0.4, -0.2) is 42.5 Å². The van der Waals surface area contributed by atoms with Gasteiger partial charge in [-0.2, -0.15) is 0 Å². The number of unbranched alkanes of at least 4 members (excludes halogenated alkanes) is 16. The molecule has 2 aromatic rings. The SMILES string of the molecule is CCCCCCCCCCCCCCCCCCCC(=O)NCCCC(=O)Oc1cccc2c1CCC(N(CCC)CCc1cccs1)C2. The Morgan fingerprint density at radius 1 is 0.755 bits per heavy atom. The van der Waals surface area contributed by atoms with Crippen LogP contribution in [0.25, 0.3) is 0 Å². The van der Waals surface area contributed by atoms with E-state index in [1.165, 1.54) is 112 Å². The number of ether oxygens (including phenoxy) is 1. The summed E-state index contributed by atoms with van der Waals surface area (Å²) in [6.45, 7) is 7.29. The second-order valence-corrected chi connectivity index (χ2v) is 15.5. The fraction of sp³-hybridized carbons (Fsp3) is 0.721. The standard InChI is InChI=1S/C43H70N2O3S/c1-3-5-6-7-8-9-10-11-12-13-14-15-16-17-18-19-20-27-42(46)44-32-22-28-43(47)48-41-26-21-24-37-36-38(29-30-40(37)41)45(33-4-2)34-31-39-25-23-35-49-39/h21,23-26,35,38H,3-20,22,27-34,36H2,1-2H3,(H,44,46). The molecule has 1 heterocycles. The zero-order valence-corrected chi connectivity index (χ0v) is 32.2. The fourth-order valence-electron chi connectivity index (χ4n) is 7.37. The van der Waals surface area contributed by atoms with E-state index in [1.54, 1.807) is 0 Å². The number of carbonyl (C=O) groups is 2. The molecule has 1 aromatic heterocycles. The molecule has 1 aliphatic rings. The Kier molecular flexibility index (Phi) is 22.4. The van der Waals surface area contributed by atoms with Gasteiger partial charge >= 0.3 is 5.97 Å². The molecule has 49 heavy (non-hydrogen) atoms. The van der Waals surface area contributed by atoms with Crippen molar-refractivity contribution in [2.75, 3.05) is 19.6 Å².